The van der Waals surface area contributed by atoms with Crippen LogP contribution in [0.15, 0.2) is 35.7 Å². The lowest BCUT2D eigenvalue weighted by Gasteiger charge is -2.24. The third kappa shape index (κ3) is 6.30. The van der Waals surface area contributed by atoms with Gasteiger partial charge in [0.1, 0.15) is 24.0 Å². The van der Waals surface area contributed by atoms with E-state index in [1.165, 1.54) is 12.8 Å². The zero-order valence-corrected chi connectivity index (χ0v) is 16.6. The highest BCUT2D eigenvalue weighted by atomic mass is 32.1. The normalized spacial score (nSPS) is 14.4. The summed E-state index contributed by atoms with van der Waals surface area (Å²) >= 11 is 1.56. The van der Waals surface area contributed by atoms with Crippen molar-refractivity contribution >= 4 is 17.2 Å². The van der Waals surface area contributed by atoms with E-state index in [1.54, 1.807) is 18.4 Å². The highest BCUT2D eigenvalue weighted by molar-refractivity contribution is 7.09. The minimum atomic E-state index is 0.00628. The van der Waals surface area contributed by atoms with Crippen LogP contribution in [0.3, 0.4) is 0 Å². The molecule has 1 aromatic heterocycles. The van der Waals surface area contributed by atoms with Gasteiger partial charge in [-0.3, -0.25) is 4.79 Å². The first kappa shape index (κ1) is 19.8. The Kier molecular flexibility index (Phi) is 7.62. The zero-order valence-electron chi connectivity index (χ0n) is 15.8. The number of carbonyl (C=O) groups excluding carboxylic acids is 1. The van der Waals surface area contributed by atoms with Gasteiger partial charge in [-0.05, 0) is 38.1 Å². The Morgan fingerprint density at radius 3 is 2.78 bits per heavy atom. The van der Waals surface area contributed by atoms with Crippen LogP contribution in [0.4, 0.5) is 0 Å². The average molecular weight is 390 g/mol. The lowest BCUT2D eigenvalue weighted by molar-refractivity contribution is -0.136. The minimum Gasteiger partial charge on any atom is -0.486 e. The van der Waals surface area contributed by atoms with Gasteiger partial charge in [0.15, 0.2) is 0 Å². The molecule has 2 aromatic rings. The maximum absolute atomic E-state index is 12.4. The predicted octanol–water partition coefficient (Wildman–Crippen LogP) is 2.79. The van der Waals surface area contributed by atoms with Crippen molar-refractivity contribution in [3.63, 3.8) is 0 Å². The topological polar surface area (TPSA) is 54.9 Å². The van der Waals surface area contributed by atoms with Crippen LogP contribution in [0.1, 0.15) is 23.5 Å². The minimum absolute atomic E-state index is 0.00628. The van der Waals surface area contributed by atoms with Crippen LogP contribution in [0.5, 0.6) is 5.75 Å². The van der Waals surface area contributed by atoms with Gasteiger partial charge in [-0.25, -0.2) is 4.98 Å². The molecule has 0 bridgehead atoms. The number of ether oxygens (including phenoxy) is 2. The lowest BCUT2D eigenvalue weighted by atomic mass is 10.3. The van der Waals surface area contributed by atoms with Crippen molar-refractivity contribution in [1.82, 2.24) is 14.8 Å². The molecule has 1 aliphatic heterocycles. The molecule has 1 fully saturated rings. The second kappa shape index (κ2) is 10.4. The van der Waals surface area contributed by atoms with E-state index in [0.717, 1.165) is 36.1 Å². The molecule has 2 heterocycles. The molecule has 0 N–H and O–H groups in total. The molecule has 146 valence electrons. The van der Waals surface area contributed by atoms with Crippen LogP contribution in [0.25, 0.3) is 0 Å². The first-order valence-corrected chi connectivity index (χ1v) is 10.2. The van der Waals surface area contributed by atoms with Crippen LogP contribution < -0.4 is 4.74 Å². The smallest absolute Gasteiger partial charge is 0.248 e. The van der Waals surface area contributed by atoms with Gasteiger partial charge in [0.05, 0.1) is 12.2 Å². The van der Waals surface area contributed by atoms with E-state index in [0.29, 0.717) is 19.7 Å². The largest absolute Gasteiger partial charge is 0.486 e. The Bertz CT molecular complexity index is 702. The van der Waals surface area contributed by atoms with Crippen molar-refractivity contribution in [2.45, 2.75) is 26.0 Å². The molecule has 0 radical (unpaired) electrons. The molecule has 0 atom stereocenters. The van der Waals surface area contributed by atoms with E-state index in [1.807, 2.05) is 40.6 Å². The summed E-state index contributed by atoms with van der Waals surface area (Å²) in [6.45, 7) is 4.92. The highest BCUT2D eigenvalue weighted by Gasteiger charge is 2.18. The monoisotopic (exact) mass is 389 g/mol. The second-order valence-electron chi connectivity index (χ2n) is 6.63. The maximum atomic E-state index is 12.4. The van der Waals surface area contributed by atoms with Gasteiger partial charge in [0.2, 0.25) is 5.91 Å². The molecule has 1 amide bonds. The van der Waals surface area contributed by atoms with E-state index in [4.69, 9.17) is 9.47 Å². The number of hydrogen-bond donors (Lipinski definition) is 0. The summed E-state index contributed by atoms with van der Waals surface area (Å²) in [6.07, 6.45) is 2.51. The third-order valence-corrected chi connectivity index (χ3v) is 5.43. The number of rotatable bonds is 10. The third-order valence-electron chi connectivity index (χ3n) is 4.56. The second-order valence-corrected chi connectivity index (χ2v) is 7.57. The van der Waals surface area contributed by atoms with Crippen LogP contribution in [0.2, 0.25) is 0 Å². The fraction of sp³-hybridized carbons (Fsp3) is 0.500. The fourth-order valence-electron chi connectivity index (χ4n) is 3.12. The Hall–Kier alpha value is -1.96. The van der Waals surface area contributed by atoms with E-state index in [2.05, 4.69) is 9.88 Å². The molecule has 1 aliphatic rings. The van der Waals surface area contributed by atoms with Gasteiger partial charge in [-0.15, -0.1) is 11.3 Å². The van der Waals surface area contributed by atoms with Crippen molar-refractivity contribution in [1.29, 1.82) is 0 Å². The first-order valence-electron chi connectivity index (χ1n) is 9.35. The predicted molar refractivity (Wildman–Crippen MR) is 106 cm³/mol. The van der Waals surface area contributed by atoms with Crippen LogP contribution in [0, 0.1) is 0 Å². The molecule has 0 aliphatic carbocycles. The van der Waals surface area contributed by atoms with E-state index in [-0.39, 0.29) is 12.5 Å². The first-order chi connectivity index (χ1) is 13.2. The molecule has 1 aromatic carbocycles. The quantitative estimate of drug-likeness (QED) is 0.625. The van der Waals surface area contributed by atoms with Crippen molar-refractivity contribution in [2.75, 3.05) is 39.9 Å². The number of para-hydroxylation sites is 1. The van der Waals surface area contributed by atoms with Gasteiger partial charge in [0.25, 0.3) is 0 Å². The molecule has 27 heavy (non-hydrogen) atoms. The number of hydrogen-bond acceptors (Lipinski definition) is 6. The Balaban J connectivity index is 1.54. The van der Waals surface area contributed by atoms with Crippen LogP contribution in [-0.2, 0) is 22.7 Å². The maximum Gasteiger partial charge on any atom is 0.248 e. The summed E-state index contributed by atoms with van der Waals surface area (Å²) in [6, 6.07) is 9.71. The molecular formula is C20H27N3O3S. The Labute approximate surface area is 164 Å². The molecular weight excluding hydrogens is 362 g/mol. The fourth-order valence-corrected chi connectivity index (χ4v) is 3.82. The molecule has 1 saturated heterocycles. The molecule has 3 rings (SSSR count). The summed E-state index contributed by atoms with van der Waals surface area (Å²) < 4.78 is 10.8. The van der Waals surface area contributed by atoms with Crippen molar-refractivity contribution in [2.24, 2.45) is 0 Å². The summed E-state index contributed by atoms with van der Waals surface area (Å²) in [4.78, 5) is 21.3. The van der Waals surface area contributed by atoms with Gasteiger partial charge in [-0.2, -0.15) is 0 Å². The molecule has 0 unspecified atom stereocenters. The number of nitrogens with zero attached hydrogens (tertiary/aromatic N) is 3. The number of benzene rings is 1. The molecule has 0 saturated carbocycles. The van der Waals surface area contributed by atoms with Gasteiger partial charge in [-0.1, -0.05) is 18.2 Å². The standard InChI is InChI=1S/C20H27N3O3S/c1-25-15-20(24)23(12-11-22-9-5-6-10-22)13-17-16-27-19(21-17)14-26-18-7-3-2-4-8-18/h2-4,7-8,16H,5-6,9-15H2,1H3. The molecule has 6 nitrogen and oxygen atoms in total. The van der Waals surface area contributed by atoms with Crippen molar-refractivity contribution < 1.29 is 14.3 Å². The number of methoxy groups -OCH3 is 1. The van der Waals surface area contributed by atoms with E-state index >= 15 is 0 Å². The summed E-state index contributed by atoms with van der Waals surface area (Å²) in [5.74, 6) is 0.837. The zero-order chi connectivity index (χ0) is 18.9. The molecule has 0 spiro atoms. The van der Waals surface area contributed by atoms with Gasteiger partial charge >= 0.3 is 0 Å². The summed E-state index contributed by atoms with van der Waals surface area (Å²) in [5.41, 5.74) is 0.900. The number of aromatic nitrogens is 1. The van der Waals surface area contributed by atoms with Crippen LogP contribution in [-0.4, -0.2) is 60.6 Å². The lowest BCUT2D eigenvalue weighted by Crippen LogP contribution is -2.39. The number of carbonyl (C=O) groups is 1. The molecule has 7 heteroatoms. The summed E-state index contributed by atoms with van der Waals surface area (Å²) in [7, 11) is 1.55. The van der Waals surface area contributed by atoms with Gasteiger partial charge < -0.3 is 19.3 Å². The van der Waals surface area contributed by atoms with Crippen molar-refractivity contribution in [3.8, 4) is 5.75 Å². The number of thiazole rings is 1. The van der Waals surface area contributed by atoms with E-state index < -0.39 is 0 Å². The Morgan fingerprint density at radius 1 is 1.26 bits per heavy atom. The van der Waals surface area contributed by atoms with E-state index in [9.17, 15) is 4.79 Å². The SMILES string of the molecule is COCC(=O)N(CCN1CCCC1)Cc1csc(COc2ccccc2)n1. The highest BCUT2D eigenvalue weighted by Crippen LogP contribution is 2.16. The number of amides is 1. The number of likely N-dealkylation sites (tertiary alicyclic amines) is 1. The van der Waals surface area contributed by atoms with Crippen molar-refractivity contribution in [3.05, 3.63) is 46.4 Å². The van der Waals surface area contributed by atoms with Gasteiger partial charge in [0, 0.05) is 25.6 Å². The summed E-state index contributed by atoms with van der Waals surface area (Å²) in [5, 5.41) is 2.92. The Morgan fingerprint density at radius 2 is 2.04 bits per heavy atom. The van der Waals surface area contributed by atoms with Crippen LogP contribution >= 0.6 is 11.3 Å². The average Bonchev–Trinajstić information content (AvgIpc) is 3.36.